The third kappa shape index (κ3) is 2.31. The van der Waals surface area contributed by atoms with Crippen molar-refractivity contribution in [2.24, 2.45) is 10.8 Å². The zero-order chi connectivity index (χ0) is 9.83. The summed E-state index contributed by atoms with van der Waals surface area (Å²) in [6.45, 7) is 12.3. The first-order valence-electron chi connectivity index (χ1n) is 4.25. The van der Waals surface area contributed by atoms with Crippen molar-refractivity contribution >= 4 is 0 Å². The van der Waals surface area contributed by atoms with Crippen molar-refractivity contribution in [2.75, 3.05) is 0 Å². The second-order valence-corrected chi connectivity index (χ2v) is 4.00. The molecule has 0 aromatic carbocycles. The minimum Gasteiger partial charge on any atom is -0.106 e. The Morgan fingerprint density at radius 3 is 1.08 bits per heavy atom. The van der Waals surface area contributed by atoms with Crippen LogP contribution >= 0.6 is 0 Å². The monoisotopic (exact) mass is 162 g/mol. The molecule has 0 bridgehead atoms. The molecule has 0 fully saturated rings. The molecule has 0 spiro atoms. The highest BCUT2D eigenvalue weighted by molar-refractivity contribution is 5.21. The van der Waals surface area contributed by atoms with E-state index < -0.39 is 0 Å². The molecule has 0 aliphatic heterocycles. The van der Waals surface area contributed by atoms with E-state index in [2.05, 4.69) is 51.4 Å². The molecule has 0 aliphatic carbocycles. The summed E-state index contributed by atoms with van der Waals surface area (Å²) in [4.78, 5) is 0. The molecule has 12 heavy (non-hydrogen) atoms. The fraction of sp³-hybridized carbons (Fsp3) is 0.667. The smallest absolute Gasteiger partial charge is 0.0418 e. The van der Waals surface area contributed by atoms with Gasteiger partial charge in [0.1, 0.15) is 0 Å². The average molecular weight is 162 g/mol. The van der Waals surface area contributed by atoms with E-state index in [9.17, 15) is 0 Å². The standard InChI is InChI=1S/C12H18/c1-7-9-11(3,4)12(5,6)10-8-2/h1-6H3. The number of rotatable bonds is 1. The summed E-state index contributed by atoms with van der Waals surface area (Å²) in [7, 11) is 0. The third-order valence-electron chi connectivity index (χ3n) is 2.44. The van der Waals surface area contributed by atoms with Crippen LogP contribution in [0, 0.1) is 34.5 Å². The Labute approximate surface area is 76.8 Å². The Hall–Kier alpha value is -0.880. The first-order valence-corrected chi connectivity index (χ1v) is 4.25. The lowest BCUT2D eigenvalue weighted by Crippen LogP contribution is -2.29. The molecule has 0 saturated heterocycles. The van der Waals surface area contributed by atoms with E-state index in [-0.39, 0.29) is 10.8 Å². The van der Waals surface area contributed by atoms with Crippen LogP contribution in [-0.4, -0.2) is 0 Å². The van der Waals surface area contributed by atoms with Gasteiger partial charge < -0.3 is 0 Å². The van der Waals surface area contributed by atoms with Gasteiger partial charge in [-0.2, -0.15) is 0 Å². The molecule has 0 aromatic rings. The number of hydrogen-bond donors (Lipinski definition) is 0. The molecule has 0 aromatic heterocycles. The zero-order valence-electron chi connectivity index (χ0n) is 9.00. The molecule has 0 unspecified atom stereocenters. The van der Waals surface area contributed by atoms with E-state index in [1.807, 2.05) is 13.8 Å². The molecular weight excluding hydrogens is 144 g/mol. The predicted octanol–water partition coefficient (Wildman–Crippen LogP) is 3.09. The summed E-state index contributed by atoms with van der Waals surface area (Å²) in [5.41, 5.74) is -0.0739. The summed E-state index contributed by atoms with van der Waals surface area (Å²) in [5, 5.41) is 0. The average Bonchev–Trinajstić information content (AvgIpc) is 1.86. The van der Waals surface area contributed by atoms with Gasteiger partial charge in [0.05, 0.1) is 0 Å². The fourth-order valence-corrected chi connectivity index (χ4v) is 0.938. The Balaban J connectivity index is 4.91. The van der Waals surface area contributed by atoms with Gasteiger partial charge in [0.15, 0.2) is 0 Å². The first-order chi connectivity index (χ1) is 5.37. The van der Waals surface area contributed by atoms with E-state index in [0.717, 1.165) is 0 Å². The van der Waals surface area contributed by atoms with Crippen LogP contribution < -0.4 is 0 Å². The lowest BCUT2D eigenvalue weighted by molar-refractivity contribution is 0.260. The van der Waals surface area contributed by atoms with Gasteiger partial charge in [0, 0.05) is 10.8 Å². The highest BCUT2D eigenvalue weighted by atomic mass is 14.3. The van der Waals surface area contributed by atoms with Crippen LogP contribution in [0.25, 0.3) is 0 Å². The molecule has 0 nitrogen and oxygen atoms in total. The van der Waals surface area contributed by atoms with Crippen molar-refractivity contribution < 1.29 is 0 Å². The van der Waals surface area contributed by atoms with Gasteiger partial charge >= 0.3 is 0 Å². The largest absolute Gasteiger partial charge is 0.106 e. The Kier molecular flexibility index (Phi) is 3.41. The van der Waals surface area contributed by atoms with Gasteiger partial charge in [-0.25, -0.2) is 0 Å². The molecule has 66 valence electrons. The van der Waals surface area contributed by atoms with Crippen LogP contribution in [0.15, 0.2) is 0 Å². The maximum absolute atomic E-state index is 3.19. The Bertz CT molecular complexity index is 228. The summed E-state index contributed by atoms with van der Waals surface area (Å²) in [5.74, 6) is 12.3. The van der Waals surface area contributed by atoms with Crippen molar-refractivity contribution in [1.82, 2.24) is 0 Å². The van der Waals surface area contributed by atoms with Crippen LogP contribution in [0.4, 0.5) is 0 Å². The van der Waals surface area contributed by atoms with E-state index in [1.165, 1.54) is 0 Å². The molecule has 0 atom stereocenters. The highest BCUT2D eigenvalue weighted by Crippen LogP contribution is 2.36. The van der Waals surface area contributed by atoms with E-state index in [4.69, 9.17) is 0 Å². The van der Waals surface area contributed by atoms with Gasteiger partial charge in [-0.15, -0.1) is 11.8 Å². The highest BCUT2D eigenvalue weighted by Gasteiger charge is 2.33. The molecule has 0 rings (SSSR count). The summed E-state index contributed by atoms with van der Waals surface area (Å²) in [6, 6.07) is 0. The molecule has 0 radical (unpaired) electrons. The molecule has 0 N–H and O–H groups in total. The van der Waals surface area contributed by atoms with Crippen LogP contribution in [0.3, 0.4) is 0 Å². The molecular formula is C12H18. The lowest BCUT2D eigenvalue weighted by atomic mass is 9.69. The summed E-state index contributed by atoms with van der Waals surface area (Å²) < 4.78 is 0. The predicted molar refractivity (Wildman–Crippen MR) is 54.5 cm³/mol. The van der Waals surface area contributed by atoms with Crippen molar-refractivity contribution in [3.63, 3.8) is 0 Å². The van der Waals surface area contributed by atoms with Crippen LogP contribution in [0.5, 0.6) is 0 Å². The number of hydrogen-bond acceptors (Lipinski definition) is 0. The van der Waals surface area contributed by atoms with Gasteiger partial charge in [-0.3, -0.25) is 0 Å². The van der Waals surface area contributed by atoms with Crippen LogP contribution in [0.1, 0.15) is 41.5 Å². The van der Waals surface area contributed by atoms with Gasteiger partial charge in [-0.1, -0.05) is 11.8 Å². The topological polar surface area (TPSA) is 0 Å². The van der Waals surface area contributed by atoms with Crippen molar-refractivity contribution in [1.29, 1.82) is 0 Å². The van der Waals surface area contributed by atoms with Gasteiger partial charge in [-0.05, 0) is 41.5 Å². The maximum atomic E-state index is 3.19. The maximum Gasteiger partial charge on any atom is 0.0418 e. The second kappa shape index (κ2) is 3.68. The Morgan fingerprint density at radius 1 is 0.667 bits per heavy atom. The van der Waals surface area contributed by atoms with Gasteiger partial charge in [0.25, 0.3) is 0 Å². The minimum absolute atomic E-state index is 0.0369. The third-order valence-corrected chi connectivity index (χ3v) is 2.44. The van der Waals surface area contributed by atoms with Crippen LogP contribution in [-0.2, 0) is 0 Å². The van der Waals surface area contributed by atoms with Crippen molar-refractivity contribution in [3.8, 4) is 23.7 Å². The molecule has 0 amide bonds. The second-order valence-electron chi connectivity index (χ2n) is 4.00. The molecule has 0 heteroatoms. The minimum atomic E-state index is -0.0369. The normalized spacial score (nSPS) is 10.8. The quantitative estimate of drug-likeness (QED) is 0.520. The summed E-state index contributed by atoms with van der Waals surface area (Å²) >= 11 is 0. The lowest BCUT2D eigenvalue weighted by Gasteiger charge is -2.32. The van der Waals surface area contributed by atoms with E-state index in [0.29, 0.717) is 0 Å². The molecule has 0 heterocycles. The fourth-order valence-electron chi connectivity index (χ4n) is 0.938. The molecule has 0 saturated carbocycles. The van der Waals surface area contributed by atoms with Crippen LogP contribution in [0.2, 0.25) is 0 Å². The Morgan fingerprint density at radius 2 is 0.917 bits per heavy atom. The van der Waals surface area contributed by atoms with E-state index >= 15 is 0 Å². The van der Waals surface area contributed by atoms with Crippen molar-refractivity contribution in [2.45, 2.75) is 41.5 Å². The SMILES string of the molecule is CC#CC(C)(C)C(C)(C)C#CC. The summed E-state index contributed by atoms with van der Waals surface area (Å²) in [6.07, 6.45) is 0. The zero-order valence-corrected chi connectivity index (χ0v) is 9.00. The van der Waals surface area contributed by atoms with Crippen molar-refractivity contribution in [3.05, 3.63) is 0 Å². The first kappa shape index (κ1) is 11.1. The van der Waals surface area contributed by atoms with Gasteiger partial charge in [0.2, 0.25) is 0 Å². The molecule has 0 aliphatic rings. The van der Waals surface area contributed by atoms with E-state index in [1.54, 1.807) is 0 Å².